The first-order chi connectivity index (χ1) is 19.0. The van der Waals surface area contributed by atoms with Crippen LogP contribution in [0.2, 0.25) is 5.02 Å². The predicted octanol–water partition coefficient (Wildman–Crippen LogP) is 7.16. The number of pyridine rings is 1. The Kier molecular flexibility index (Phi) is 8.24. The average Bonchev–Trinajstić information content (AvgIpc) is 3.39. The van der Waals surface area contributed by atoms with E-state index < -0.39 is 5.25 Å². The lowest BCUT2D eigenvalue weighted by molar-refractivity contribution is -0.115. The highest BCUT2D eigenvalue weighted by atomic mass is 35.5. The van der Waals surface area contributed by atoms with E-state index in [2.05, 4.69) is 20.5 Å². The van der Waals surface area contributed by atoms with E-state index in [-0.39, 0.29) is 5.91 Å². The molecule has 5 rings (SSSR count). The number of aryl methyl sites for hydroxylation is 1. The average molecular weight is 556 g/mol. The number of carbonyl (C=O) groups is 1. The van der Waals surface area contributed by atoms with Gasteiger partial charge in [0, 0.05) is 34.4 Å². The Morgan fingerprint density at radius 1 is 1.03 bits per heavy atom. The van der Waals surface area contributed by atoms with Gasteiger partial charge in [-0.25, -0.2) is 0 Å². The number of nitrogens with zero attached hydrogens (tertiary/aromatic N) is 4. The second-order valence-electron chi connectivity index (χ2n) is 8.67. The van der Waals surface area contributed by atoms with Gasteiger partial charge in [-0.3, -0.25) is 14.3 Å². The van der Waals surface area contributed by atoms with Crippen LogP contribution in [-0.4, -0.2) is 32.3 Å². The second-order valence-corrected chi connectivity index (χ2v) is 10.2. The molecule has 0 saturated carbocycles. The molecule has 7 nitrogen and oxygen atoms in total. The van der Waals surface area contributed by atoms with Gasteiger partial charge in [-0.1, -0.05) is 59.8 Å². The predicted molar refractivity (Wildman–Crippen MR) is 156 cm³/mol. The summed E-state index contributed by atoms with van der Waals surface area (Å²) in [5.74, 6) is 1.19. The molecule has 2 aromatic heterocycles. The summed E-state index contributed by atoms with van der Waals surface area (Å²) in [5.41, 5.74) is 4.04. The molecule has 0 aliphatic heterocycles. The quantitative estimate of drug-likeness (QED) is 0.194. The molecule has 3 aromatic carbocycles. The van der Waals surface area contributed by atoms with E-state index in [0.29, 0.717) is 28.3 Å². The number of nitrogens with one attached hydrogen (secondary N) is 1. The fourth-order valence-corrected chi connectivity index (χ4v) is 5.24. The number of hydrogen-bond acceptors (Lipinski definition) is 6. The van der Waals surface area contributed by atoms with Crippen molar-refractivity contribution in [1.82, 2.24) is 19.7 Å². The van der Waals surface area contributed by atoms with Gasteiger partial charge >= 0.3 is 0 Å². The highest BCUT2D eigenvalue weighted by molar-refractivity contribution is 8.00. The zero-order valence-electron chi connectivity index (χ0n) is 21.4. The first kappa shape index (κ1) is 26.5. The van der Waals surface area contributed by atoms with Crippen LogP contribution in [0.3, 0.4) is 0 Å². The largest absolute Gasteiger partial charge is 0.494 e. The molecule has 196 valence electrons. The minimum atomic E-state index is -0.612. The van der Waals surface area contributed by atoms with E-state index in [9.17, 15) is 4.79 Å². The monoisotopic (exact) mass is 555 g/mol. The van der Waals surface area contributed by atoms with Gasteiger partial charge in [-0.2, -0.15) is 0 Å². The van der Waals surface area contributed by atoms with Crippen LogP contribution in [0.1, 0.15) is 23.3 Å². The molecule has 1 amide bonds. The van der Waals surface area contributed by atoms with Gasteiger partial charge in [-0.05, 0) is 73.5 Å². The zero-order chi connectivity index (χ0) is 27.2. The lowest BCUT2D eigenvalue weighted by atomic mass is 10.1. The summed E-state index contributed by atoms with van der Waals surface area (Å²) in [5, 5.41) is 12.6. The second kappa shape index (κ2) is 12.1. The van der Waals surface area contributed by atoms with Crippen molar-refractivity contribution in [3.05, 3.63) is 113 Å². The van der Waals surface area contributed by atoms with Crippen molar-refractivity contribution in [1.29, 1.82) is 0 Å². The summed E-state index contributed by atoms with van der Waals surface area (Å²) < 4.78 is 7.57. The Morgan fingerprint density at radius 2 is 1.82 bits per heavy atom. The van der Waals surface area contributed by atoms with Crippen molar-refractivity contribution in [2.24, 2.45) is 0 Å². The minimum absolute atomic E-state index is 0.199. The van der Waals surface area contributed by atoms with Crippen LogP contribution in [-0.2, 0) is 4.79 Å². The van der Waals surface area contributed by atoms with E-state index in [0.717, 1.165) is 28.1 Å². The summed E-state index contributed by atoms with van der Waals surface area (Å²) in [6, 6.07) is 26.6. The molecule has 0 unspecified atom stereocenters. The minimum Gasteiger partial charge on any atom is -0.494 e. The number of halogens is 1. The lowest BCUT2D eigenvalue weighted by Crippen LogP contribution is -2.19. The van der Waals surface area contributed by atoms with Gasteiger partial charge in [-0.15, -0.1) is 10.2 Å². The summed E-state index contributed by atoms with van der Waals surface area (Å²) in [7, 11) is 0. The van der Waals surface area contributed by atoms with Crippen LogP contribution >= 0.6 is 23.4 Å². The standard InChI is InChI=1S/C30H26ClN5O2S/c1-3-38-25-15-13-24(14-16-25)36-28(22-10-7-17-32-19-22)34-35-30(36)39-27(21-8-5-4-6-9-21)29(37)33-23-12-11-20(2)26(31)18-23/h4-19,27H,3H2,1-2H3,(H,33,37)/t27-/m0/s1. The number of benzene rings is 3. The molecule has 0 saturated heterocycles. The normalized spacial score (nSPS) is 11.7. The number of ether oxygens (including phenoxy) is 1. The molecule has 0 radical (unpaired) electrons. The van der Waals surface area contributed by atoms with Gasteiger partial charge in [0.05, 0.1) is 6.61 Å². The van der Waals surface area contributed by atoms with Gasteiger partial charge in [0.1, 0.15) is 11.0 Å². The Hall–Kier alpha value is -4.14. The van der Waals surface area contributed by atoms with E-state index in [1.54, 1.807) is 18.5 Å². The third-order valence-corrected chi connectivity index (χ3v) is 7.57. The Morgan fingerprint density at radius 3 is 2.51 bits per heavy atom. The fourth-order valence-electron chi connectivity index (χ4n) is 4.00. The number of aromatic nitrogens is 4. The molecule has 9 heteroatoms. The molecular weight excluding hydrogens is 530 g/mol. The Balaban J connectivity index is 1.55. The first-order valence-electron chi connectivity index (χ1n) is 12.4. The van der Waals surface area contributed by atoms with Crippen molar-refractivity contribution in [3.63, 3.8) is 0 Å². The van der Waals surface area contributed by atoms with E-state index in [1.807, 2.05) is 97.3 Å². The maximum atomic E-state index is 13.7. The van der Waals surface area contributed by atoms with Crippen LogP contribution < -0.4 is 10.1 Å². The van der Waals surface area contributed by atoms with Crippen LogP contribution in [0.15, 0.2) is 102 Å². The zero-order valence-corrected chi connectivity index (χ0v) is 23.0. The van der Waals surface area contributed by atoms with Gasteiger partial charge in [0.25, 0.3) is 0 Å². The SMILES string of the molecule is CCOc1ccc(-n2c(S[C@H](C(=O)Nc3ccc(C)c(Cl)c3)c3ccccc3)nnc2-c2cccnc2)cc1. The Bertz CT molecular complexity index is 1560. The van der Waals surface area contributed by atoms with Gasteiger partial charge in [0.15, 0.2) is 11.0 Å². The number of anilines is 1. The van der Waals surface area contributed by atoms with Gasteiger partial charge in [0.2, 0.25) is 5.91 Å². The molecule has 5 aromatic rings. The lowest BCUT2D eigenvalue weighted by Gasteiger charge is -2.18. The molecule has 0 bridgehead atoms. The van der Waals surface area contributed by atoms with E-state index >= 15 is 0 Å². The molecular formula is C30H26ClN5O2S. The summed E-state index contributed by atoms with van der Waals surface area (Å²) in [4.78, 5) is 18.0. The van der Waals surface area contributed by atoms with Crippen molar-refractivity contribution in [2.75, 3.05) is 11.9 Å². The number of thioether (sulfide) groups is 1. The van der Waals surface area contributed by atoms with Crippen molar-refractivity contribution in [2.45, 2.75) is 24.3 Å². The highest BCUT2D eigenvalue weighted by Crippen LogP contribution is 2.38. The third-order valence-electron chi connectivity index (χ3n) is 5.96. The van der Waals surface area contributed by atoms with Crippen LogP contribution in [0, 0.1) is 6.92 Å². The molecule has 1 atom stereocenters. The fraction of sp³-hybridized carbons (Fsp3) is 0.133. The van der Waals surface area contributed by atoms with Crippen LogP contribution in [0.5, 0.6) is 5.75 Å². The highest BCUT2D eigenvalue weighted by Gasteiger charge is 2.27. The van der Waals surface area contributed by atoms with Crippen LogP contribution in [0.4, 0.5) is 5.69 Å². The summed E-state index contributed by atoms with van der Waals surface area (Å²) >= 11 is 7.63. The molecule has 0 fully saturated rings. The molecule has 0 aliphatic carbocycles. The molecule has 0 aliphatic rings. The topological polar surface area (TPSA) is 81.9 Å². The van der Waals surface area contributed by atoms with E-state index in [1.165, 1.54) is 11.8 Å². The summed E-state index contributed by atoms with van der Waals surface area (Å²) in [6.45, 7) is 4.44. The number of hydrogen-bond donors (Lipinski definition) is 1. The Labute approximate surface area is 236 Å². The molecule has 1 N–H and O–H groups in total. The summed E-state index contributed by atoms with van der Waals surface area (Å²) in [6.07, 6.45) is 3.45. The van der Waals surface area contributed by atoms with Crippen molar-refractivity contribution >= 4 is 35.0 Å². The molecule has 0 spiro atoms. The van der Waals surface area contributed by atoms with Crippen molar-refractivity contribution in [3.8, 4) is 22.8 Å². The molecule has 2 heterocycles. The van der Waals surface area contributed by atoms with E-state index in [4.69, 9.17) is 16.3 Å². The van der Waals surface area contributed by atoms with Crippen molar-refractivity contribution < 1.29 is 9.53 Å². The number of rotatable bonds is 9. The maximum Gasteiger partial charge on any atom is 0.242 e. The molecule has 39 heavy (non-hydrogen) atoms. The number of carbonyl (C=O) groups excluding carboxylic acids is 1. The third kappa shape index (κ3) is 6.13. The first-order valence-corrected chi connectivity index (χ1v) is 13.7. The maximum absolute atomic E-state index is 13.7. The van der Waals surface area contributed by atoms with Crippen LogP contribution in [0.25, 0.3) is 17.1 Å². The van der Waals surface area contributed by atoms with Gasteiger partial charge < -0.3 is 10.1 Å². The number of amides is 1. The smallest absolute Gasteiger partial charge is 0.242 e.